The maximum Gasteiger partial charge on any atom is 0.249 e. The zero-order chi connectivity index (χ0) is 16.1. The first-order valence-electron chi connectivity index (χ1n) is 8.19. The van der Waals surface area contributed by atoms with E-state index in [-0.39, 0.29) is 42.9 Å². The van der Waals surface area contributed by atoms with Gasteiger partial charge >= 0.3 is 0 Å². The summed E-state index contributed by atoms with van der Waals surface area (Å²) in [5, 5.41) is 3.27. The molecule has 5 nitrogen and oxygen atoms in total. The van der Waals surface area contributed by atoms with Gasteiger partial charge in [-0.05, 0) is 30.5 Å². The zero-order valence-electron chi connectivity index (χ0n) is 13.6. The Morgan fingerprint density at radius 3 is 2.92 bits per heavy atom. The van der Waals surface area contributed by atoms with Gasteiger partial charge in [0.2, 0.25) is 5.91 Å². The fraction of sp³-hybridized carbons (Fsp3) is 0.588. The van der Waals surface area contributed by atoms with Gasteiger partial charge in [-0.25, -0.2) is 4.39 Å². The smallest absolute Gasteiger partial charge is 0.249 e. The minimum Gasteiger partial charge on any atom is -0.381 e. The Hall–Kier alpha value is -1.21. The first kappa shape index (κ1) is 19.1. The quantitative estimate of drug-likeness (QED) is 0.893. The van der Waals surface area contributed by atoms with Crippen LogP contribution in [0.2, 0.25) is 0 Å². The second-order valence-corrected chi connectivity index (χ2v) is 5.98. The van der Waals surface area contributed by atoms with Gasteiger partial charge < -0.3 is 19.7 Å². The Morgan fingerprint density at radius 2 is 2.17 bits per heavy atom. The van der Waals surface area contributed by atoms with Crippen LogP contribution in [0.4, 0.5) is 4.39 Å². The lowest BCUT2D eigenvalue weighted by Crippen LogP contribution is -2.50. The van der Waals surface area contributed by atoms with Crippen molar-refractivity contribution in [2.45, 2.75) is 25.0 Å². The topological polar surface area (TPSA) is 50.8 Å². The first-order valence-corrected chi connectivity index (χ1v) is 8.19. The number of nitrogens with zero attached hydrogens (tertiary/aromatic N) is 1. The summed E-state index contributed by atoms with van der Waals surface area (Å²) in [4.78, 5) is 14.4. The van der Waals surface area contributed by atoms with Crippen molar-refractivity contribution in [2.75, 3.05) is 39.5 Å². The summed E-state index contributed by atoms with van der Waals surface area (Å²) in [5.74, 6) is -0.314. The van der Waals surface area contributed by atoms with E-state index in [1.165, 1.54) is 12.1 Å². The number of hydrogen-bond acceptors (Lipinski definition) is 4. The highest BCUT2D eigenvalue weighted by Crippen LogP contribution is 2.23. The van der Waals surface area contributed by atoms with E-state index in [0.717, 1.165) is 24.9 Å². The van der Waals surface area contributed by atoms with Crippen LogP contribution in [0.1, 0.15) is 24.4 Å². The van der Waals surface area contributed by atoms with Crippen molar-refractivity contribution in [3.63, 3.8) is 0 Å². The van der Waals surface area contributed by atoms with Gasteiger partial charge in [-0.3, -0.25) is 4.79 Å². The van der Waals surface area contributed by atoms with Gasteiger partial charge in [0, 0.05) is 32.8 Å². The molecule has 7 heteroatoms. The van der Waals surface area contributed by atoms with E-state index >= 15 is 0 Å². The molecule has 134 valence electrons. The summed E-state index contributed by atoms with van der Waals surface area (Å²) in [6.45, 7) is 3.45. The van der Waals surface area contributed by atoms with Crippen LogP contribution in [0.5, 0.6) is 0 Å². The van der Waals surface area contributed by atoms with E-state index in [9.17, 15) is 9.18 Å². The number of halogens is 2. The average Bonchev–Trinajstić information content (AvgIpc) is 2.60. The number of ether oxygens (including phenoxy) is 2. The van der Waals surface area contributed by atoms with Crippen molar-refractivity contribution >= 4 is 18.3 Å². The van der Waals surface area contributed by atoms with Gasteiger partial charge in [-0.1, -0.05) is 12.1 Å². The van der Waals surface area contributed by atoms with Gasteiger partial charge in [0.15, 0.2) is 0 Å². The monoisotopic (exact) mass is 358 g/mol. The van der Waals surface area contributed by atoms with Crippen LogP contribution < -0.4 is 5.32 Å². The molecule has 2 heterocycles. The highest BCUT2D eigenvalue weighted by Gasteiger charge is 2.28. The van der Waals surface area contributed by atoms with Crippen LogP contribution in [0, 0.1) is 5.82 Å². The first-order chi connectivity index (χ1) is 11.2. The molecule has 0 aromatic heterocycles. The van der Waals surface area contributed by atoms with Gasteiger partial charge in [0.05, 0.1) is 12.1 Å². The lowest BCUT2D eigenvalue weighted by Gasteiger charge is -2.37. The van der Waals surface area contributed by atoms with Crippen LogP contribution in [-0.2, 0) is 14.3 Å². The van der Waals surface area contributed by atoms with Crippen LogP contribution in [0.15, 0.2) is 24.3 Å². The highest BCUT2D eigenvalue weighted by atomic mass is 35.5. The van der Waals surface area contributed by atoms with Crippen molar-refractivity contribution < 1.29 is 18.7 Å². The maximum atomic E-state index is 13.5. The molecule has 0 spiro atoms. The third-order valence-electron chi connectivity index (χ3n) is 4.41. The molecular formula is C17H24ClFN2O3. The van der Waals surface area contributed by atoms with Gasteiger partial charge in [-0.2, -0.15) is 0 Å². The predicted octanol–water partition coefficient (Wildman–Crippen LogP) is 1.92. The number of carbonyl (C=O) groups excluding carboxylic acids is 1. The number of carbonyl (C=O) groups is 1. The molecular weight excluding hydrogens is 335 g/mol. The third kappa shape index (κ3) is 4.89. The molecule has 1 amide bonds. The molecule has 3 rings (SSSR count). The highest BCUT2D eigenvalue weighted by molar-refractivity contribution is 5.85. The van der Waals surface area contributed by atoms with Crippen molar-refractivity contribution in [3.8, 4) is 0 Å². The van der Waals surface area contributed by atoms with Crippen molar-refractivity contribution in [3.05, 3.63) is 35.6 Å². The maximum absolute atomic E-state index is 13.5. The molecule has 2 aliphatic heterocycles. The molecule has 1 aromatic carbocycles. The second-order valence-electron chi connectivity index (χ2n) is 5.98. The molecule has 1 atom stereocenters. The fourth-order valence-corrected chi connectivity index (χ4v) is 3.13. The van der Waals surface area contributed by atoms with Gasteiger partial charge in [0.1, 0.15) is 12.4 Å². The SMILES string of the molecule is Cl.O=C(COC1CCOCC1)N1CCNCC1c1cccc(F)c1. The van der Waals surface area contributed by atoms with Gasteiger partial charge in [0.25, 0.3) is 0 Å². The van der Waals surface area contributed by atoms with Crippen molar-refractivity contribution in [1.29, 1.82) is 0 Å². The van der Waals surface area contributed by atoms with E-state index in [1.807, 2.05) is 6.07 Å². The summed E-state index contributed by atoms with van der Waals surface area (Å²) in [5.41, 5.74) is 0.816. The average molecular weight is 359 g/mol. The molecule has 1 N–H and O–H groups in total. The summed E-state index contributed by atoms with van der Waals surface area (Å²) in [6, 6.07) is 6.31. The van der Waals surface area contributed by atoms with Gasteiger partial charge in [-0.15, -0.1) is 12.4 Å². The normalized spacial score (nSPS) is 22.0. The van der Waals surface area contributed by atoms with E-state index in [0.29, 0.717) is 26.3 Å². The second kappa shape index (κ2) is 9.32. The Balaban J connectivity index is 0.00000208. The molecule has 2 fully saturated rings. The molecule has 1 aromatic rings. The minimum absolute atomic E-state index is 0. The van der Waals surface area contributed by atoms with E-state index < -0.39 is 0 Å². The molecule has 24 heavy (non-hydrogen) atoms. The van der Waals surface area contributed by atoms with Crippen molar-refractivity contribution in [2.24, 2.45) is 0 Å². The summed E-state index contributed by atoms with van der Waals surface area (Å²) in [7, 11) is 0. The summed E-state index contributed by atoms with van der Waals surface area (Å²) >= 11 is 0. The number of piperazine rings is 1. The van der Waals surface area contributed by atoms with Crippen LogP contribution in [0.25, 0.3) is 0 Å². The molecule has 0 radical (unpaired) electrons. The van der Waals surface area contributed by atoms with E-state index in [2.05, 4.69) is 5.32 Å². The van der Waals surface area contributed by atoms with E-state index in [1.54, 1.807) is 11.0 Å². The van der Waals surface area contributed by atoms with Crippen molar-refractivity contribution in [1.82, 2.24) is 10.2 Å². The summed E-state index contributed by atoms with van der Waals surface area (Å²) < 4.78 is 24.5. The Kier molecular flexibility index (Phi) is 7.42. The lowest BCUT2D eigenvalue weighted by atomic mass is 10.0. The molecule has 0 aliphatic carbocycles. The molecule has 0 saturated carbocycles. The molecule has 2 aliphatic rings. The minimum atomic E-state index is -0.279. The molecule has 2 saturated heterocycles. The molecule has 1 unspecified atom stereocenters. The number of amides is 1. The Morgan fingerprint density at radius 1 is 1.38 bits per heavy atom. The third-order valence-corrected chi connectivity index (χ3v) is 4.41. The number of benzene rings is 1. The van der Waals surface area contributed by atoms with Crippen LogP contribution in [0.3, 0.4) is 0 Å². The standard InChI is InChI=1S/C17H23FN2O3.ClH/c18-14-3-1-2-13(10-14)16-11-19-6-7-20(16)17(21)12-23-15-4-8-22-9-5-15;/h1-3,10,15-16,19H,4-9,11-12H2;1H. The zero-order valence-corrected chi connectivity index (χ0v) is 14.4. The number of nitrogens with one attached hydrogen (secondary N) is 1. The molecule has 0 bridgehead atoms. The van der Waals surface area contributed by atoms with E-state index in [4.69, 9.17) is 9.47 Å². The predicted molar refractivity (Wildman–Crippen MR) is 90.8 cm³/mol. The Bertz CT molecular complexity index is 540. The number of rotatable bonds is 4. The van der Waals surface area contributed by atoms with Crippen LogP contribution in [-0.4, -0.2) is 56.4 Å². The van der Waals surface area contributed by atoms with Crippen LogP contribution >= 0.6 is 12.4 Å². The lowest BCUT2D eigenvalue weighted by molar-refractivity contribution is -0.143. The largest absolute Gasteiger partial charge is 0.381 e. The Labute approximate surface area is 147 Å². The summed E-state index contributed by atoms with van der Waals surface area (Å²) in [6.07, 6.45) is 1.77. The fourth-order valence-electron chi connectivity index (χ4n) is 3.13. The number of hydrogen-bond donors (Lipinski definition) is 1.